The number of aromatic nitrogens is 3. The van der Waals surface area contributed by atoms with Crippen LogP contribution in [-0.4, -0.2) is 14.9 Å². The van der Waals surface area contributed by atoms with Crippen LogP contribution in [0.4, 0.5) is 5.88 Å². The number of anilines is 1. The number of hydrogen-bond donors (Lipinski definition) is 1. The second-order valence-corrected chi connectivity index (χ2v) is 5.71. The van der Waals surface area contributed by atoms with E-state index in [4.69, 9.17) is 10.3 Å². The minimum absolute atomic E-state index is 0.318. The third kappa shape index (κ3) is 2.47. The van der Waals surface area contributed by atoms with Crippen molar-refractivity contribution in [3.63, 3.8) is 0 Å². The molecule has 0 saturated heterocycles. The molecule has 6 heteroatoms. The lowest BCUT2D eigenvalue weighted by atomic mass is 10.0. The van der Waals surface area contributed by atoms with Gasteiger partial charge in [-0.15, -0.1) is 0 Å². The van der Waals surface area contributed by atoms with Crippen LogP contribution in [-0.2, 0) is 13.5 Å². The van der Waals surface area contributed by atoms with Crippen molar-refractivity contribution in [2.45, 2.75) is 13.3 Å². The summed E-state index contributed by atoms with van der Waals surface area (Å²) in [6.45, 7) is 2.06. The van der Waals surface area contributed by atoms with Crippen LogP contribution in [0.15, 0.2) is 39.5 Å². The van der Waals surface area contributed by atoms with Gasteiger partial charge in [0.25, 0.3) is 0 Å². The van der Waals surface area contributed by atoms with E-state index in [1.54, 1.807) is 4.68 Å². The molecule has 3 aromatic rings. The van der Waals surface area contributed by atoms with Crippen molar-refractivity contribution >= 4 is 21.8 Å². The molecule has 0 unspecified atom stereocenters. The lowest BCUT2D eigenvalue weighted by Crippen LogP contribution is -1.90. The van der Waals surface area contributed by atoms with E-state index in [1.165, 1.54) is 0 Å². The van der Waals surface area contributed by atoms with Crippen molar-refractivity contribution < 1.29 is 4.52 Å². The Morgan fingerprint density at radius 3 is 2.67 bits per heavy atom. The van der Waals surface area contributed by atoms with Crippen LogP contribution >= 0.6 is 15.9 Å². The Hall–Kier alpha value is -2.08. The smallest absolute Gasteiger partial charge is 0.230 e. The van der Waals surface area contributed by atoms with Gasteiger partial charge in [0.1, 0.15) is 5.69 Å². The Morgan fingerprint density at radius 2 is 2.00 bits per heavy atom. The van der Waals surface area contributed by atoms with Gasteiger partial charge in [0, 0.05) is 23.3 Å². The molecule has 21 heavy (non-hydrogen) atoms. The maximum atomic E-state index is 5.98. The summed E-state index contributed by atoms with van der Waals surface area (Å²) in [6.07, 6.45) is 2.77. The Bertz CT molecular complexity index is 774. The highest BCUT2D eigenvalue weighted by molar-refractivity contribution is 9.10. The van der Waals surface area contributed by atoms with Crippen LogP contribution in [0, 0.1) is 0 Å². The quantitative estimate of drug-likeness (QED) is 0.785. The zero-order chi connectivity index (χ0) is 15.0. The Balaban J connectivity index is 2.19. The first-order chi connectivity index (χ1) is 10.1. The number of hydrogen-bond acceptors (Lipinski definition) is 4. The van der Waals surface area contributed by atoms with E-state index in [1.807, 2.05) is 37.5 Å². The molecule has 0 bridgehead atoms. The highest BCUT2D eigenvalue weighted by atomic mass is 79.9. The lowest BCUT2D eigenvalue weighted by Gasteiger charge is -2.02. The molecule has 0 aliphatic carbocycles. The topological polar surface area (TPSA) is 69.9 Å². The van der Waals surface area contributed by atoms with E-state index < -0.39 is 0 Å². The molecule has 0 fully saturated rings. The highest BCUT2D eigenvalue weighted by Gasteiger charge is 2.21. The summed E-state index contributed by atoms with van der Waals surface area (Å²) in [5, 5.41) is 8.59. The number of rotatable bonds is 3. The first-order valence-electron chi connectivity index (χ1n) is 6.64. The fourth-order valence-corrected chi connectivity index (χ4v) is 2.64. The molecule has 0 saturated carbocycles. The van der Waals surface area contributed by atoms with Crippen LogP contribution in [0.1, 0.15) is 12.6 Å². The number of aryl methyl sites for hydroxylation is 2. The van der Waals surface area contributed by atoms with Gasteiger partial charge in [-0.2, -0.15) is 5.10 Å². The standard InChI is InChI=1S/C15H15BrN4O/c1-3-12-11(8-20(2)18-12)14-13(15(17)21-19-14)9-4-6-10(16)7-5-9/h4-8H,3,17H2,1-2H3. The summed E-state index contributed by atoms with van der Waals surface area (Å²) in [4.78, 5) is 0. The zero-order valence-electron chi connectivity index (χ0n) is 11.8. The summed E-state index contributed by atoms with van der Waals surface area (Å²) in [5.41, 5.74) is 10.4. The molecule has 2 aromatic heterocycles. The molecule has 0 spiro atoms. The maximum absolute atomic E-state index is 5.98. The molecular formula is C15H15BrN4O. The Labute approximate surface area is 130 Å². The van der Waals surface area contributed by atoms with E-state index in [0.717, 1.165) is 39.0 Å². The van der Waals surface area contributed by atoms with E-state index in [0.29, 0.717) is 5.88 Å². The molecule has 2 heterocycles. The van der Waals surface area contributed by atoms with E-state index in [-0.39, 0.29) is 0 Å². The fraction of sp³-hybridized carbons (Fsp3) is 0.200. The second-order valence-electron chi connectivity index (χ2n) is 4.79. The maximum Gasteiger partial charge on any atom is 0.230 e. The molecule has 3 rings (SSSR count). The highest BCUT2D eigenvalue weighted by Crippen LogP contribution is 2.37. The van der Waals surface area contributed by atoms with Crippen LogP contribution in [0.3, 0.4) is 0 Å². The van der Waals surface area contributed by atoms with Crippen LogP contribution in [0.2, 0.25) is 0 Å². The van der Waals surface area contributed by atoms with Gasteiger partial charge in [-0.3, -0.25) is 4.68 Å². The van der Waals surface area contributed by atoms with E-state index >= 15 is 0 Å². The average molecular weight is 347 g/mol. The van der Waals surface area contributed by atoms with Crippen LogP contribution in [0.5, 0.6) is 0 Å². The minimum atomic E-state index is 0.318. The van der Waals surface area contributed by atoms with Gasteiger partial charge in [-0.05, 0) is 24.1 Å². The first-order valence-corrected chi connectivity index (χ1v) is 7.43. The number of benzene rings is 1. The lowest BCUT2D eigenvalue weighted by molar-refractivity contribution is 0.439. The fourth-order valence-electron chi connectivity index (χ4n) is 2.38. The Kier molecular flexibility index (Phi) is 3.55. The molecular weight excluding hydrogens is 332 g/mol. The normalized spacial score (nSPS) is 11.0. The Morgan fingerprint density at radius 1 is 1.29 bits per heavy atom. The van der Waals surface area contributed by atoms with Gasteiger partial charge in [-0.1, -0.05) is 40.1 Å². The SMILES string of the molecule is CCc1nn(C)cc1-c1noc(N)c1-c1ccc(Br)cc1. The van der Waals surface area contributed by atoms with Gasteiger partial charge >= 0.3 is 0 Å². The first kappa shape index (κ1) is 13.9. The molecule has 0 amide bonds. The molecule has 5 nitrogen and oxygen atoms in total. The summed E-state index contributed by atoms with van der Waals surface area (Å²) >= 11 is 3.43. The summed E-state index contributed by atoms with van der Waals surface area (Å²) < 4.78 is 8.02. The van der Waals surface area contributed by atoms with Crippen molar-refractivity contribution in [1.29, 1.82) is 0 Å². The molecule has 0 aliphatic rings. The third-order valence-corrected chi connectivity index (χ3v) is 3.88. The van der Waals surface area contributed by atoms with Gasteiger partial charge in [0.15, 0.2) is 0 Å². The van der Waals surface area contributed by atoms with Crippen molar-refractivity contribution in [2.24, 2.45) is 7.05 Å². The molecule has 2 N–H and O–H groups in total. The monoisotopic (exact) mass is 346 g/mol. The van der Waals surface area contributed by atoms with E-state index in [9.17, 15) is 0 Å². The molecule has 1 aromatic carbocycles. The van der Waals surface area contributed by atoms with Gasteiger partial charge in [0.2, 0.25) is 5.88 Å². The zero-order valence-corrected chi connectivity index (χ0v) is 13.4. The summed E-state index contributed by atoms with van der Waals surface area (Å²) in [5.74, 6) is 0.318. The van der Waals surface area contributed by atoms with Gasteiger partial charge in [0.05, 0.1) is 11.3 Å². The number of halogens is 1. The number of nitrogen functional groups attached to an aromatic ring is 1. The average Bonchev–Trinajstić information content (AvgIpc) is 3.02. The van der Waals surface area contributed by atoms with Crippen LogP contribution in [0.25, 0.3) is 22.4 Å². The molecule has 0 radical (unpaired) electrons. The van der Waals surface area contributed by atoms with Crippen molar-refractivity contribution in [2.75, 3.05) is 5.73 Å². The molecule has 0 aliphatic heterocycles. The second kappa shape index (κ2) is 5.37. The van der Waals surface area contributed by atoms with Crippen molar-refractivity contribution in [3.8, 4) is 22.4 Å². The van der Waals surface area contributed by atoms with Crippen molar-refractivity contribution in [3.05, 3.63) is 40.6 Å². The van der Waals surface area contributed by atoms with E-state index in [2.05, 4.69) is 33.1 Å². The van der Waals surface area contributed by atoms with Gasteiger partial charge < -0.3 is 10.3 Å². The summed E-state index contributed by atoms with van der Waals surface area (Å²) in [7, 11) is 1.89. The molecule has 0 atom stereocenters. The number of nitrogens with two attached hydrogens (primary N) is 1. The predicted octanol–water partition coefficient (Wildman–Crippen LogP) is 3.65. The summed E-state index contributed by atoms with van der Waals surface area (Å²) in [6, 6.07) is 7.90. The van der Waals surface area contributed by atoms with Crippen LogP contribution < -0.4 is 5.73 Å². The number of nitrogens with zero attached hydrogens (tertiary/aromatic N) is 3. The predicted molar refractivity (Wildman–Crippen MR) is 85.6 cm³/mol. The third-order valence-electron chi connectivity index (χ3n) is 3.35. The van der Waals surface area contributed by atoms with Gasteiger partial charge in [-0.25, -0.2) is 0 Å². The van der Waals surface area contributed by atoms with Crippen molar-refractivity contribution in [1.82, 2.24) is 14.9 Å². The minimum Gasteiger partial charge on any atom is -0.367 e. The largest absolute Gasteiger partial charge is 0.367 e. The molecule has 108 valence electrons.